The summed E-state index contributed by atoms with van der Waals surface area (Å²) >= 11 is 0. The molecule has 1 aromatic heterocycles. The van der Waals surface area contributed by atoms with Crippen LogP contribution in [0.25, 0.3) is 0 Å². The maximum atomic E-state index is 12.4. The number of nitrogens with zero attached hydrogens (tertiary/aromatic N) is 4. The number of rotatable bonds is 4. The molecule has 0 unspecified atom stereocenters. The Hall–Kier alpha value is -3.28. The van der Waals surface area contributed by atoms with Crippen LogP contribution in [0.1, 0.15) is 10.4 Å². The van der Waals surface area contributed by atoms with E-state index in [-0.39, 0.29) is 11.9 Å². The van der Waals surface area contributed by atoms with Gasteiger partial charge in [-0.05, 0) is 36.4 Å². The molecule has 0 bridgehead atoms. The van der Waals surface area contributed by atoms with E-state index in [1.54, 1.807) is 49.7 Å². The van der Waals surface area contributed by atoms with Crippen LogP contribution in [0.5, 0.6) is 5.75 Å². The predicted molar refractivity (Wildman–Crippen MR) is 85.6 cm³/mol. The van der Waals surface area contributed by atoms with Crippen molar-refractivity contribution in [1.82, 2.24) is 9.55 Å². The van der Waals surface area contributed by atoms with E-state index in [0.717, 1.165) is 5.75 Å². The van der Waals surface area contributed by atoms with Crippen molar-refractivity contribution in [3.63, 3.8) is 0 Å². The highest BCUT2D eigenvalue weighted by molar-refractivity contribution is 5.97. The Balaban J connectivity index is 1.83. The zero-order valence-electron chi connectivity index (χ0n) is 12.5. The smallest absolute Gasteiger partial charge is 0.264 e. The molecule has 0 spiro atoms. The molecule has 1 heterocycles. The molecule has 3 aromatic rings. The number of azo groups is 1. The van der Waals surface area contributed by atoms with E-state index in [0.29, 0.717) is 11.3 Å². The molecule has 0 N–H and O–H groups in total. The third-order valence-corrected chi connectivity index (χ3v) is 3.19. The standard InChI is InChI=1S/C17H14N4O2/c1-23-15-9-7-14(8-10-15)19-20-17-18-11-12-21(17)16(22)13-5-3-2-4-6-13/h2-12H,1H3. The van der Waals surface area contributed by atoms with Crippen molar-refractivity contribution < 1.29 is 9.53 Å². The summed E-state index contributed by atoms with van der Waals surface area (Å²) in [6, 6.07) is 16.1. The van der Waals surface area contributed by atoms with Crippen molar-refractivity contribution in [2.75, 3.05) is 7.11 Å². The molecular weight excluding hydrogens is 292 g/mol. The molecule has 6 heteroatoms. The first kappa shape index (κ1) is 14.6. The molecule has 114 valence electrons. The molecule has 23 heavy (non-hydrogen) atoms. The van der Waals surface area contributed by atoms with Crippen molar-refractivity contribution in [3.05, 3.63) is 72.6 Å². The molecule has 2 aromatic carbocycles. The summed E-state index contributed by atoms with van der Waals surface area (Å²) in [4.78, 5) is 16.5. The van der Waals surface area contributed by atoms with E-state index >= 15 is 0 Å². The van der Waals surface area contributed by atoms with Crippen molar-refractivity contribution in [3.8, 4) is 5.75 Å². The lowest BCUT2D eigenvalue weighted by atomic mass is 10.2. The van der Waals surface area contributed by atoms with Crippen molar-refractivity contribution in [2.45, 2.75) is 0 Å². The van der Waals surface area contributed by atoms with Gasteiger partial charge in [-0.15, -0.1) is 10.2 Å². The summed E-state index contributed by atoms with van der Waals surface area (Å²) in [5.41, 5.74) is 1.21. The number of hydrogen-bond donors (Lipinski definition) is 0. The summed E-state index contributed by atoms with van der Waals surface area (Å²) in [5.74, 6) is 0.770. The van der Waals surface area contributed by atoms with E-state index in [9.17, 15) is 4.79 Å². The Morgan fingerprint density at radius 2 is 1.78 bits per heavy atom. The Morgan fingerprint density at radius 3 is 2.48 bits per heavy atom. The van der Waals surface area contributed by atoms with Gasteiger partial charge < -0.3 is 4.74 Å². The number of ether oxygens (including phenoxy) is 1. The van der Waals surface area contributed by atoms with E-state index in [1.165, 1.54) is 10.8 Å². The maximum absolute atomic E-state index is 12.4. The second-order valence-electron chi connectivity index (χ2n) is 4.67. The van der Waals surface area contributed by atoms with Crippen LogP contribution in [0.2, 0.25) is 0 Å². The van der Waals surface area contributed by atoms with Crippen LogP contribution in [-0.4, -0.2) is 22.6 Å². The zero-order valence-corrected chi connectivity index (χ0v) is 12.5. The van der Waals surface area contributed by atoms with Gasteiger partial charge in [-0.3, -0.25) is 4.79 Å². The lowest BCUT2D eigenvalue weighted by molar-refractivity contribution is 0.0961. The first-order valence-corrected chi connectivity index (χ1v) is 6.97. The van der Waals surface area contributed by atoms with Gasteiger partial charge in [-0.1, -0.05) is 18.2 Å². The average molecular weight is 306 g/mol. The number of hydrogen-bond acceptors (Lipinski definition) is 5. The summed E-state index contributed by atoms with van der Waals surface area (Å²) in [5, 5.41) is 8.15. The number of benzene rings is 2. The number of aromatic nitrogens is 2. The Labute approximate surface area is 133 Å². The van der Waals surface area contributed by atoms with Crippen LogP contribution in [0.3, 0.4) is 0 Å². The molecule has 6 nitrogen and oxygen atoms in total. The monoisotopic (exact) mass is 306 g/mol. The van der Waals surface area contributed by atoms with E-state index < -0.39 is 0 Å². The Bertz CT molecular complexity index is 823. The minimum atomic E-state index is -0.202. The van der Waals surface area contributed by atoms with Crippen LogP contribution >= 0.6 is 0 Å². The molecule has 0 aliphatic heterocycles. The predicted octanol–water partition coefficient (Wildman–Crippen LogP) is 4.00. The molecule has 3 rings (SSSR count). The van der Waals surface area contributed by atoms with Crippen molar-refractivity contribution in [2.24, 2.45) is 10.2 Å². The fraction of sp³-hybridized carbons (Fsp3) is 0.0588. The zero-order chi connectivity index (χ0) is 16.1. The SMILES string of the molecule is COc1ccc(N=Nc2nccn2C(=O)c2ccccc2)cc1. The number of carbonyl (C=O) groups is 1. The highest BCUT2D eigenvalue weighted by Crippen LogP contribution is 2.20. The molecule has 0 amide bonds. The van der Waals surface area contributed by atoms with E-state index in [1.807, 2.05) is 18.2 Å². The second-order valence-corrected chi connectivity index (χ2v) is 4.67. The number of imidazole rings is 1. The molecule has 0 aliphatic carbocycles. The highest BCUT2D eigenvalue weighted by Gasteiger charge is 2.12. The second kappa shape index (κ2) is 6.65. The van der Waals surface area contributed by atoms with Crippen LogP contribution in [0.15, 0.2) is 77.2 Å². The van der Waals surface area contributed by atoms with E-state index in [2.05, 4.69) is 15.2 Å². The molecule has 0 fully saturated rings. The van der Waals surface area contributed by atoms with Crippen molar-refractivity contribution in [1.29, 1.82) is 0 Å². The summed E-state index contributed by atoms with van der Waals surface area (Å²) in [6.07, 6.45) is 3.08. The molecular formula is C17H14N4O2. The minimum absolute atomic E-state index is 0.202. The van der Waals surface area contributed by atoms with Gasteiger partial charge in [0.15, 0.2) is 0 Å². The van der Waals surface area contributed by atoms with Crippen LogP contribution < -0.4 is 4.74 Å². The fourth-order valence-electron chi connectivity index (χ4n) is 2.00. The van der Waals surface area contributed by atoms with Gasteiger partial charge in [0.1, 0.15) is 5.75 Å². The third-order valence-electron chi connectivity index (χ3n) is 3.19. The molecule has 0 saturated carbocycles. The van der Waals surface area contributed by atoms with Gasteiger partial charge in [0.2, 0.25) is 0 Å². The van der Waals surface area contributed by atoms with Crippen LogP contribution in [-0.2, 0) is 0 Å². The highest BCUT2D eigenvalue weighted by atomic mass is 16.5. The van der Waals surface area contributed by atoms with Gasteiger partial charge in [-0.2, -0.15) is 0 Å². The van der Waals surface area contributed by atoms with Crippen LogP contribution in [0, 0.1) is 0 Å². The van der Waals surface area contributed by atoms with Crippen molar-refractivity contribution >= 4 is 17.5 Å². The first-order chi connectivity index (χ1) is 11.3. The largest absolute Gasteiger partial charge is 0.497 e. The lowest BCUT2D eigenvalue weighted by Gasteiger charge is -2.02. The molecule has 0 atom stereocenters. The van der Waals surface area contributed by atoms with Gasteiger partial charge >= 0.3 is 0 Å². The molecule has 0 radical (unpaired) electrons. The van der Waals surface area contributed by atoms with Crippen LogP contribution in [0.4, 0.5) is 11.6 Å². The third kappa shape index (κ3) is 3.32. The first-order valence-electron chi connectivity index (χ1n) is 6.97. The fourth-order valence-corrected chi connectivity index (χ4v) is 2.00. The summed E-state index contributed by atoms with van der Waals surface area (Å²) in [6.45, 7) is 0. The average Bonchev–Trinajstić information content (AvgIpc) is 3.09. The maximum Gasteiger partial charge on any atom is 0.264 e. The Morgan fingerprint density at radius 1 is 1.04 bits per heavy atom. The van der Waals surface area contributed by atoms with Gasteiger partial charge in [0.05, 0.1) is 12.8 Å². The summed E-state index contributed by atoms with van der Waals surface area (Å²) in [7, 11) is 1.60. The van der Waals surface area contributed by atoms with Gasteiger partial charge in [-0.25, -0.2) is 9.55 Å². The lowest BCUT2D eigenvalue weighted by Crippen LogP contribution is -2.10. The summed E-state index contributed by atoms with van der Waals surface area (Å²) < 4.78 is 6.45. The number of methoxy groups -OCH3 is 1. The van der Waals surface area contributed by atoms with Gasteiger partial charge in [0.25, 0.3) is 11.9 Å². The topological polar surface area (TPSA) is 68.8 Å². The molecule has 0 aliphatic rings. The Kier molecular flexibility index (Phi) is 4.24. The number of carbonyl (C=O) groups excluding carboxylic acids is 1. The van der Waals surface area contributed by atoms with E-state index in [4.69, 9.17) is 4.74 Å². The minimum Gasteiger partial charge on any atom is -0.497 e. The van der Waals surface area contributed by atoms with Gasteiger partial charge in [0, 0.05) is 18.0 Å². The molecule has 0 saturated heterocycles. The quantitative estimate of drug-likeness (QED) is 0.684. The normalized spacial score (nSPS) is 10.8.